The lowest BCUT2D eigenvalue weighted by Gasteiger charge is -2.16. The van der Waals surface area contributed by atoms with Crippen LogP contribution >= 0.6 is 0 Å². The van der Waals surface area contributed by atoms with E-state index in [9.17, 15) is 4.79 Å². The average molecular weight is 206 g/mol. The maximum absolute atomic E-state index is 11.8. The monoisotopic (exact) mass is 206 g/mol. The van der Waals surface area contributed by atoms with Gasteiger partial charge in [0.15, 0.2) is 5.78 Å². The van der Waals surface area contributed by atoms with Gasteiger partial charge in [0.2, 0.25) is 0 Å². The van der Waals surface area contributed by atoms with Crippen molar-refractivity contribution >= 4 is 5.78 Å². The minimum atomic E-state index is -0.125. The zero-order valence-corrected chi connectivity index (χ0v) is 9.53. The van der Waals surface area contributed by atoms with Gasteiger partial charge in [0.25, 0.3) is 0 Å². The molecule has 15 heavy (non-hydrogen) atoms. The Morgan fingerprint density at radius 2 is 2.20 bits per heavy atom. The highest BCUT2D eigenvalue weighted by atomic mass is 16.1. The minimum Gasteiger partial charge on any atom is -0.310 e. The van der Waals surface area contributed by atoms with Crippen LogP contribution in [0.2, 0.25) is 0 Å². The third kappa shape index (κ3) is 3.44. The van der Waals surface area contributed by atoms with Gasteiger partial charge in [-0.25, -0.2) is 0 Å². The second kappa shape index (κ2) is 5.61. The Morgan fingerprint density at radius 1 is 1.47 bits per heavy atom. The predicted octanol–water partition coefficient (Wildman–Crippen LogP) is 1.44. The fourth-order valence-electron chi connectivity index (χ4n) is 1.48. The van der Waals surface area contributed by atoms with E-state index < -0.39 is 0 Å². The molecule has 0 bridgehead atoms. The smallest absolute Gasteiger partial charge is 0.152 e. The van der Waals surface area contributed by atoms with Crippen molar-refractivity contribution in [3.05, 3.63) is 30.1 Å². The molecule has 0 unspecified atom stereocenters. The van der Waals surface area contributed by atoms with Gasteiger partial charge in [-0.2, -0.15) is 0 Å². The zero-order chi connectivity index (χ0) is 11.3. The van der Waals surface area contributed by atoms with Crippen molar-refractivity contribution in [2.45, 2.75) is 26.3 Å². The molecule has 0 aromatic carbocycles. The van der Waals surface area contributed by atoms with E-state index >= 15 is 0 Å². The summed E-state index contributed by atoms with van der Waals surface area (Å²) in [6.45, 7) is 3.84. The molecule has 1 rings (SSSR count). The van der Waals surface area contributed by atoms with Gasteiger partial charge in [-0.1, -0.05) is 19.9 Å². The molecule has 0 spiro atoms. The van der Waals surface area contributed by atoms with E-state index in [1.807, 2.05) is 39.1 Å². The van der Waals surface area contributed by atoms with Crippen molar-refractivity contribution in [1.29, 1.82) is 0 Å². The van der Waals surface area contributed by atoms with Crippen molar-refractivity contribution in [2.75, 3.05) is 7.05 Å². The maximum Gasteiger partial charge on any atom is 0.152 e. The molecule has 1 N–H and O–H groups in total. The third-order valence-electron chi connectivity index (χ3n) is 2.40. The van der Waals surface area contributed by atoms with E-state index in [4.69, 9.17) is 0 Å². The number of rotatable bonds is 5. The molecule has 1 aromatic rings. The van der Waals surface area contributed by atoms with Crippen molar-refractivity contribution in [2.24, 2.45) is 5.92 Å². The normalized spacial score (nSPS) is 12.8. The van der Waals surface area contributed by atoms with Crippen LogP contribution in [0.5, 0.6) is 0 Å². The highest BCUT2D eigenvalue weighted by Gasteiger charge is 2.19. The average Bonchev–Trinajstić information content (AvgIpc) is 2.26. The first kappa shape index (κ1) is 11.9. The first-order chi connectivity index (χ1) is 7.15. The number of Topliss-reactive ketones (excluding diaryl/α,β-unsaturated/α-hetero) is 1. The Bertz CT molecular complexity index is 309. The van der Waals surface area contributed by atoms with Gasteiger partial charge >= 0.3 is 0 Å². The molecule has 1 heterocycles. The number of nitrogens with zero attached hydrogens (tertiary/aromatic N) is 1. The molecule has 0 radical (unpaired) electrons. The van der Waals surface area contributed by atoms with Crippen LogP contribution < -0.4 is 5.32 Å². The van der Waals surface area contributed by atoms with Crippen LogP contribution in [0.15, 0.2) is 24.4 Å². The quantitative estimate of drug-likeness (QED) is 0.792. The Balaban J connectivity index is 2.66. The van der Waals surface area contributed by atoms with Gasteiger partial charge in [-0.15, -0.1) is 0 Å². The van der Waals surface area contributed by atoms with Gasteiger partial charge < -0.3 is 5.32 Å². The lowest BCUT2D eigenvalue weighted by Crippen LogP contribution is -2.38. The molecular weight excluding hydrogens is 188 g/mol. The summed E-state index contributed by atoms with van der Waals surface area (Å²) in [7, 11) is 1.81. The molecule has 0 saturated heterocycles. The van der Waals surface area contributed by atoms with Crippen LogP contribution in [0.25, 0.3) is 0 Å². The van der Waals surface area contributed by atoms with Gasteiger partial charge in [-0.05, 0) is 19.2 Å². The van der Waals surface area contributed by atoms with E-state index in [1.54, 1.807) is 6.20 Å². The minimum absolute atomic E-state index is 0.0613. The highest BCUT2D eigenvalue weighted by molar-refractivity contribution is 5.85. The van der Waals surface area contributed by atoms with Crippen LogP contribution in [-0.2, 0) is 11.2 Å². The lowest BCUT2D eigenvalue weighted by molar-refractivity contribution is -0.123. The molecule has 0 fully saturated rings. The Hall–Kier alpha value is -1.22. The summed E-state index contributed by atoms with van der Waals surface area (Å²) in [4.78, 5) is 16.0. The Morgan fingerprint density at radius 3 is 2.67 bits per heavy atom. The van der Waals surface area contributed by atoms with Crippen molar-refractivity contribution < 1.29 is 4.79 Å². The van der Waals surface area contributed by atoms with Crippen molar-refractivity contribution in [3.8, 4) is 0 Å². The fourth-order valence-corrected chi connectivity index (χ4v) is 1.48. The number of nitrogens with one attached hydrogen (secondary N) is 1. The second-order valence-corrected chi connectivity index (χ2v) is 3.92. The standard InChI is InChI=1S/C12H18N2O/c1-9(2)12(15)11(13-3)8-10-6-4-5-7-14-10/h4-7,9,11,13H,8H2,1-3H3/t11-/m0/s1. The van der Waals surface area contributed by atoms with Crippen LogP contribution in [0.1, 0.15) is 19.5 Å². The summed E-state index contributed by atoms with van der Waals surface area (Å²) in [6.07, 6.45) is 2.41. The lowest BCUT2D eigenvalue weighted by atomic mass is 9.98. The Labute approximate surface area is 90.9 Å². The molecule has 0 saturated carbocycles. The number of carbonyl (C=O) groups is 1. The van der Waals surface area contributed by atoms with Crippen LogP contribution in [0, 0.1) is 5.92 Å². The number of carbonyl (C=O) groups excluding carboxylic acids is 1. The topological polar surface area (TPSA) is 42.0 Å². The molecule has 0 aliphatic carbocycles. The zero-order valence-electron chi connectivity index (χ0n) is 9.53. The van der Waals surface area contributed by atoms with Crippen LogP contribution in [-0.4, -0.2) is 23.9 Å². The third-order valence-corrected chi connectivity index (χ3v) is 2.40. The van der Waals surface area contributed by atoms with E-state index in [0.717, 1.165) is 5.69 Å². The SMILES string of the molecule is CN[C@@H](Cc1ccccn1)C(=O)C(C)C. The molecule has 1 aromatic heterocycles. The highest BCUT2D eigenvalue weighted by Crippen LogP contribution is 2.05. The first-order valence-corrected chi connectivity index (χ1v) is 5.26. The number of ketones is 1. The van der Waals surface area contributed by atoms with Crippen molar-refractivity contribution in [3.63, 3.8) is 0 Å². The number of likely N-dealkylation sites (N-methyl/N-ethyl adjacent to an activating group) is 1. The molecule has 0 amide bonds. The van der Waals surface area contributed by atoms with E-state index in [2.05, 4.69) is 10.3 Å². The van der Waals surface area contributed by atoms with Crippen LogP contribution in [0.3, 0.4) is 0 Å². The molecule has 1 atom stereocenters. The summed E-state index contributed by atoms with van der Waals surface area (Å²) in [5, 5.41) is 3.04. The number of pyridine rings is 1. The van der Waals surface area contributed by atoms with E-state index in [1.165, 1.54) is 0 Å². The van der Waals surface area contributed by atoms with E-state index in [-0.39, 0.29) is 17.7 Å². The van der Waals surface area contributed by atoms with Gasteiger partial charge in [0.1, 0.15) is 0 Å². The maximum atomic E-state index is 11.8. The number of aromatic nitrogens is 1. The number of hydrogen-bond acceptors (Lipinski definition) is 3. The summed E-state index contributed by atoms with van der Waals surface area (Å²) < 4.78 is 0. The number of hydrogen-bond donors (Lipinski definition) is 1. The fraction of sp³-hybridized carbons (Fsp3) is 0.500. The van der Waals surface area contributed by atoms with Gasteiger partial charge in [-0.3, -0.25) is 9.78 Å². The van der Waals surface area contributed by atoms with E-state index in [0.29, 0.717) is 6.42 Å². The first-order valence-electron chi connectivity index (χ1n) is 5.26. The summed E-state index contributed by atoms with van der Waals surface area (Å²) >= 11 is 0. The molecular formula is C12H18N2O. The van der Waals surface area contributed by atoms with Gasteiger partial charge in [0.05, 0.1) is 6.04 Å². The van der Waals surface area contributed by atoms with Crippen LogP contribution in [0.4, 0.5) is 0 Å². The van der Waals surface area contributed by atoms with Gasteiger partial charge in [0, 0.05) is 24.2 Å². The molecule has 3 heteroatoms. The molecule has 3 nitrogen and oxygen atoms in total. The summed E-state index contributed by atoms with van der Waals surface area (Å²) in [5.41, 5.74) is 0.950. The second-order valence-electron chi connectivity index (χ2n) is 3.92. The summed E-state index contributed by atoms with van der Waals surface area (Å²) in [6, 6.07) is 5.63. The molecule has 82 valence electrons. The molecule has 0 aliphatic heterocycles. The van der Waals surface area contributed by atoms with Crippen molar-refractivity contribution in [1.82, 2.24) is 10.3 Å². The Kier molecular flexibility index (Phi) is 4.43. The molecule has 0 aliphatic rings. The summed E-state index contributed by atoms with van der Waals surface area (Å²) in [5.74, 6) is 0.300. The predicted molar refractivity (Wildman–Crippen MR) is 60.6 cm³/mol. The largest absolute Gasteiger partial charge is 0.310 e.